The minimum Gasteiger partial charge on any atom is -0.298 e. The van der Waals surface area contributed by atoms with Gasteiger partial charge in [0, 0.05) is 17.0 Å². The number of rotatable bonds is 3. The highest BCUT2D eigenvalue weighted by Gasteiger charge is 2.21. The molecule has 0 aliphatic heterocycles. The first-order chi connectivity index (χ1) is 10.9. The standard InChI is InChI=1S/C15H14ClN3O3S/c1-8-2-5-12-13(6-8)23-15(17-12)18-14(20)10-4-3-9(19(21)22)7-11(10)16/h3-4,7-8H,2,5-6H2,1H3,(H,17,18,20)/t8-/m1/s1. The Morgan fingerprint density at radius 1 is 1.52 bits per heavy atom. The molecule has 0 bridgehead atoms. The van der Waals surface area contributed by atoms with Gasteiger partial charge in [0.1, 0.15) is 0 Å². The number of amides is 1. The van der Waals surface area contributed by atoms with Crippen molar-refractivity contribution in [2.24, 2.45) is 5.92 Å². The molecule has 23 heavy (non-hydrogen) atoms. The smallest absolute Gasteiger partial charge is 0.270 e. The third kappa shape index (κ3) is 3.35. The molecule has 1 atom stereocenters. The molecule has 0 fully saturated rings. The minimum atomic E-state index is -0.552. The Labute approximate surface area is 141 Å². The number of benzene rings is 1. The number of carbonyl (C=O) groups excluding carboxylic acids is 1. The molecule has 1 aromatic heterocycles. The third-order valence-electron chi connectivity index (χ3n) is 3.81. The second-order valence-corrected chi connectivity index (χ2v) is 7.10. The lowest BCUT2D eigenvalue weighted by Crippen LogP contribution is -2.12. The van der Waals surface area contributed by atoms with Gasteiger partial charge < -0.3 is 0 Å². The molecule has 0 radical (unpaired) electrons. The molecular weight excluding hydrogens is 338 g/mol. The van der Waals surface area contributed by atoms with Crippen LogP contribution in [0.1, 0.15) is 34.3 Å². The first kappa shape index (κ1) is 15.9. The van der Waals surface area contributed by atoms with Gasteiger partial charge in [0.15, 0.2) is 5.13 Å². The Bertz CT molecular complexity index is 790. The van der Waals surface area contributed by atoms with Crippen molar-refractivity contribution in [3.63, 3.8) is 0 Å². The number of aryl methyl sites for hydroxylation is 1. The SMILES string of the molecule is C[C@@H]1CCc2nc(NC(=O)c3ccc([N+](=O)[O-])cc3Cl)sc2C1. The van der Waals surface area contributed by atoms with Crippen molar-refractivity contribution < 1.29 is 9.72 Å². The summed E-state index contributed by atoms with van der Waals surface area (Å²) in [7, 11) is 0. The molecule has 0 saturated heterocycles. The fourth-order valence-electron chi connectivity index (χ4n) is 2.56. The van der Waals surface area contributed by atoms with Crippen molar-refractivity contribution >= 4 is 39.7 Å². The van der Waals surface area contributed by atoms with Crippen molar-refractivity contribution in [1.82, 2.24) is 4.98 Å². The molecule has 1 N–H and O–H groups in total. The Morgan fingerprint density at radius 2 is 2.30 bits per heavy atom. The summed E-state index contributed by atoms with van der Waals surface area (Å²) >= 11 is 7.45. The summed E-state index contributed by atoms with van der Waals surface area (Å²) in [4.78, 5) is 28.1. The second-order valence-electron chi connectivity index (χ2n) is 5.61. The van der Waals surface area contributed by atoms with Gasteiger partial charge in [-0.2, -0.15) is 0 Å². The molecular formula is C15H14ClN3O3S. The van der Waals surface area contributed by atoms with Crippen LogP contribution in [-0.2, 0) is 12.8 Å². The number of nitro benzene ring substituents is 1. The predicted molar refractivity (Wildman–Crippen MR) is 89.4 cm³/mol. The Balaban J connectivity index is 1.78. The zero-order valence-corrected chi connectivity index (χ0v) is 13.9. The number of hydrogen-bond acceptors (Lipinski definition) is 5. The van der Waals surface area contributed by atoms with Gasteiger partial charge >= 0.3 is 0 Å². The number of hydrogen-bond donors (Lipinski definition) is 1. The molecule has 1 heterocycles. The van der Waals surface area contributed by atoms with Gasteiger partial charge in [-0.1, -0.05) is 18.5 Å². The molecule has 120 valence electrons. The second kappa shape index (κ2) is 6.25. The summed E-state index contributed by atoms with van der Waals surface area (Å²) < 4.78 is 0. The number of nitrogens with one attached hydrogen (secondary N) is 1. The van der Waals surface area contributed by atoms with E-state index < -0.39 is 10.8 Å². The number of non-ortho nitro benzene ring substituents is 1. The van der Waals surface area contributed by atoms with Crippen LogP contribution in [0.2, 0.25) is 5.02 Å². The molecule has 0 unspecified atom stereocenters. The van der Waals surface area contributed by atoms with E-state index in [1.807, 2.05) is 0 Å². The fraction of sp³-hybridized carbons (Fsp3) is 0.333. The molecule has 8 heteroatoms. The highest BCUT2D eigenvalue weighted by molar-refractivity contribution is 7.15. The van der Waals surface area contributed by atoms with Crippen molar-refractivity contribution in [3.05, 3.63) is 49.5 Å². The Morgan fingerprint density at radius 3 is 3.00 bits per heavy atom. The van der Waals surface area contributed by atoms with E-state index in [0.29, 0.717) is 11.0 Å². The molecule has 1 aliphatic carbocycles. The van der Waals surface area contributed by atoms with Crippen molar-refractivity contribution in [2.75, 3.05) is 5.32 Å². The van der Waals surface area contributed by atoms with E-state index in [0.717, 1.165) is 25.0 Å². The average molecular weight is 352 g/mol. The number of nitrogens with zero attached hydrogens (tertiary/aromatic N) is 2. The number of fused-ring (bicyclic) bond motifs is 1. The van der Waals surface area contributed by atoms with Crippen LogP contribution in [0.3, 0.4) is 0 Å². The fourth-order valence-corrected chi connectivity index (χ4v) is 3.99. The third-order valence-corrected chi connectivity index (χ3v) is 5.16. The zero-order valence-electron chi connectivity index (χ0n) is 12.3. The zero-order chi connectivity index (χ0) is 16.6. The topological polar surface area (TPSA) is 85.1 Å². The molecule has 0 saturated carbocycles. The van der Waals surface area contributed by atoms with Crippen molar-refractivity contribution in [1.29, 1.82) is 0 Å². The van der Waals surface area contributed by atoms with E-state index >= 15 is 0 Å². The quantitative estimate of drug-likeness (QED) is 0.666. The number of thiazole rings is 1. The van der Waals surface area contributed by atoms with Crippen LogP contribution < -0.4 is 5.32 Å². The maximum absolute atomic E-state index is 12.3. The Kier molecular flexibility index (Phi) is 4.32. The van der Waals surface area contributed by atoms with E-state index in [2.05, 4.69) is 17.2 Å². The van der Waals surface area contributed by atoms with Gasteiger partial charge in [-0.15, -0.1) is 11.3 Å². The molecule has 6 nitrogen and oxygen atoms in total. The van der Waals surface area contributed by atoms with E-state index in [4.69, 9.17) is 11.6 Å². The summed E-state index contributed by atoms with van der Waals surface area (Å²) in [6.07, 6.45) is 3.03. The maximum Gasteiger partial charge on any atom is 0.270 e. The summed E-state index contributed by atoms with van der Waals surface area (Å²) in [6.45, 7) is 2.21. The maximum atomic E-state index is 12.3. The predicted octanol–water partition coefficient (Wildman–Crippen LogP) is 4.08. The van der Waals surface area contributed by atoms with Crippen LogP contribution in [0, 0.1) is 16.0 Å². The number of nitro groups is 1. The number of anilines is 1. The highest BCUT2D eigenvalue weighted by atomic mass is 35.5. The van der Waals surface area contributed by atoms with Crippen LogP contribution >= 0.6 is 22.9 Å². The highest BCUT2D eigenvalue weighted by Crippen LogP contribution is 2.32. The summed E-state index contributed by atoms with van der Waals surface area (Å²) in [5.41, 5.74) is 1.10. The van der Waals surface area contributed by atoms with E-state index in [-0.39, 0.29) is 16.3 Å². The number of halogens is 1. The van der Waals surface area contributed by atoms with Gasteiger partial charge in [0.2, 0.25) is 0 Å². The van der Waals surface area contributed by atoms with Gasteiger partial charge in [-0.25, -0.2) is 4.98 Å². The summed E-state index contributed by atoms with van der Waals surface area (Å²) in [6, 6.07) is 3.78. The normalized spacial score (nSPS) is 16.7. The van der Waals surface area contributed by atoms with Crippen LogP contribution in [-0.4, -0.2) is 15.8 Å². The lowest BCUT2D eigenvalue weighted by Gasteiger charge is -2.15. The lowest BCUT2D eigenvalue weighted by molar-refractivity contribution is -0.384. The van der Waals surface area contributed by atoms with Crippen LogP contribution in [0.4, 0.5) is 10.8 Å². The average Bonchev–Trinajstić information content (AvgIpc) is 2.88. The van der Waals surface area contributed by atoms with Crippen molar-refractivity contribution in [2.45, 2.75) is 26.2 Å². The van der Waals surface area contributed by atoms with Gasteiger partial charge in [0.05, 0.1) is 21.2 Å². The number of aromatic nitrogens is 1. The first-order valence-corrected chi connectivity index (χ1v) is 8.37. The minimum absolute atomic E-state index is 0.0478. The first-order valence-electron chi connectivity index (χ1n) is 7.18. The summed E-state index contributed by atoms with van der Waals surface area (Å²) in [5.74, 6) is 0.222. The van der Waals surface area contributed by atoms with Gasteiger partial charge in [-0.05, 0) is 31.2 Å². The molecule has 1 amide bonds. The van der Waals surface area contributed by atoms with Crippen LogP contribution in [0.25, 0.3) is 0 Å². The van der Waals surface area contributed by atoms with E-state index in [9.17, 15) is 14.9 Å². The number of carbonyl (C=O) groups is 1. The molecule has 0 spiro atoms. The lowest BCUT2D eigenvalue weighted by atomic mass is 9.93. The van der Waals surface area contributed by atoms with E-state index in [1.54, 1.807) is 0 Å². The molecule has 2 aromatic rings. The monoisotopic (exact) mass is 351 g/mol. The summed E-state index contributed by atoms with van der Waals surface area (Å²) in [5, 5.41) is 14.0. The van der Waals surface area contributed by atoms with Crippen LogP contribution in [0.15, 0.2) is 18.2 Å². The van der Waals surface area contributed by atoms with Gasteiger partial charge in [0.25, 0.3) is 11.6 Å². The largest absolute Gasteiger partial charge is 0.298 e. The molecule has 1 aromatic carbocycles. The molecule has 1 aliphatic rings. The van der Waals surface area contributed by atoms with Crippen molar-refractivity contribution in [3.8, 4) is 0 Å². The Hall–Kier alpha value is -1.99. The van der Waals surface area contributed by atoms with Gasteiger partial charge in [-0.3, -0.25) is 20.2 Å². The van der Waals surface area contributed by atoms with Crippen LogP contribution in [0.5, 0.6) is 0 Å². The molecule has 3 rings (SSSR count). The van der Waals surface area contributed by atoms with E-state index in [1.165, 1.54) is 34.4 Å².